The zero-order valence-corrected chi connectivity index (χ0v) is 10.7. The number of piperidine rings is 1. The van der Waals surface area contributed by atoms with E-state index in [1.54, 1.807) is 0 Å². The number of hydrogen-bond acceptors (Lipinski definition) is 3. The molecule has 4 heteroatoms. The number of rotatable bonds is 5. The third-order valence-corrected chi connectivity index (χ3v) is 2.87. The van der Waals surface area contributed by atoms with E-state index in [9.17, 15) is 4.79 Å². The Morgan fingerprint density at radius 1 is 1.56 bits per heavy atom. The molecule has 1 aliphatic rings. The normalized spacial score (nSPS) is 22.4. The lowest BCUT2D eigenvalue weighted by Crippen LogP contribution is -2.48. The minimum absolute atomic E-state index is 0.0108. The predicted molar refractivity (Wildman–Crippen MR) is 64.4 cm³/mol. The van der Waals surface area contributed by atoms with Gasteiger partial charge < -0.3 is 15.0 Å². The molecule has 0 saturated carbocycles. The van der Waals surface area contributed by atoms with Gasteiger partial charge in [-0.2, -0.15) is 0 Å². The Morgan fingerprint density at radius 3 is 2.94 bits per heavy atom. The lowest BCUT2D eigenvalue weighted by Gasteiger charge is -2.32. The van der Waals surface area contributed by atoms with Crippen LogP contribution in [-0.2, 0) is 9.53 Å². The lowest BCUT2D eigenvalue weighted by atomic mass is 10.1. The van der Waals surface area contributed by atoms with E-state index in [2.05, 4.69) is 17.1 Å². The summed E-state index contributed by atoms with van der Waals surface area (Å²) in [5.74, 6) is 0.0108. The number of hydrogen-bond donors (Lipinski definition) is 1. The number of nitrogens with one attached hydrogen (secondary N) is 1. The van der Waals surface area contributed by atoms with Gasteiger partial charge in [-0.3, -0.25) is 4.79 Å². The van der Waals surface area contributed by atoms with Crippen molar-refractivity contribution in [3.63, 3.8) is 0 Å². The monoisotopic (exact) mass is 228 g/mol. The fourth-order valence-corrected chi connectivity index (χ4v) is 1.97. The summed E-state index contributed by atoms with van der Waals surface area (Å²) in [7, 11) is 0. The van der Waals surface area contributed by atoms with Crippen molar-refractivity contribution in [2.24, 2.45) is 0 Å². The Hall–Kier alpha value is -0.610. The third kappa shape index (κ3) is 4.94. The molecule has 1 heterocycles. The zero-order valence-electron chi connectivity index (χ0n) is 10.7. The number of likely N-dealkylation sites (N-methyl/N-ethyl adjacent to an activating group) is 1. The first-order valence-corrected chi connectivity index (χ1v) is 6.25. The molecule has 0 radical (unpaired) electrons. The highest BCUT2D eigenvalue weighted by molar-refractivity contribution is 5.77. The second-order valence-corrected chi connectivity index (χ2v) is 4.66. The molecule has 4 nitrogen and oxygen atoms in total. The predicted octanol–water partition coefficient (Wildman–Crippen LogP) is 1.01. The highest BCUT2D eigenvalue weighted by Crippen LogP contribution is 2.09. The van der Waals surface area contributed by atoms with Crippen molar-refractivity contribution in [3.05, 3.63) is 0 Å². The van der Waals surface area contributed by atoms with E-state index in [0.29, 0.717) is 6.04 Å². The van der Waals surface area contributed by atoms with Crippen molar-refractivity contribution < 1.29 is 9.53 Å². The van der Waals surface area contributed by atoms with E-state index >= 15 is 0 Å². The molecule has 0 spiro atoms. The fourth-order valence-electron chi connectivity index (χ4n) is 1.97. The van der Waals surface area contributed by atoms with Gasteiger partial charge in [-0.25, -0.2) is 0 Å². The number of nitrogens with zero attached hydrogens (tertiary/aromatic N) is 1. The van der Waals surface area contributed by atoms with Crippen molar-refractivity contribution in [3.8, 4) is 0 Å². The molecule has 0 bridgehead atoms. The number of amides is 1. The molecule has 94 valence electrons. The van der Waals surface area contributed by atoms with Crippen molar-refractivity contribution in [2.45, 2.75) is 45.8 Å². The molecular formula is C12H24N2O2. The van der Waals surface area contributed by atoms with Gasteiger partial charge in [0.15, 0.2) is 0 Å². The number of likely N-dealkylation sites (tertiary alicyclic amines) is 1. The first-order chi connectivity index (χ1) is 7.61. The maximum absolute atomic E-state index is 11.6. The van der Waals surface area contributed by atoms with Gasteiger partial charge >= 0.3 is 0 Å². The SMILES string of the molecule is CCN1CCCC(NC(=O)COC(C)C)C1. The van der Waals surface area contributed by atoms with Crippen LogP contribution in [0.2, 0.25) is 0 Å². The van der Waals surface area contributed by atoms with Gasteiger partial charge in [0.2, 0.25) is 5.91 Å². The van der Waals surface area contributed by atoms with E-state index in [0.717, 1.165) is 26.1 Å². The molecule has 1 atom stereocenters. The molecule has 1 N–H and O–H groups in total. The standard InChI is InChI=1S/C12H24N2O2/c1-4-14-7-5-6-11(8-14)13-12(15)9-16-10(2)3/h10-11H,4-9H2,1-3H3,(H,13,15). The average molecular weight is 228 g/mol. The van der Waals surface area contributed by atoms with Gasteiger partial charge in [0.1, 0.15) is 6.61 Å². The fraction of sp³-hybridized carbons (Fsp3) is 0.917. The van der Waals surface area contributed by atoms with Crippen molar-refractivity contribution in [2.75, 3.05) is 26.2 Å². The summed E-state index contributed by atoms with van der Waals surface area (Å²) in [5.41, 5.74) is 0. The molecule has 0 aromatic heterocycles. The van der Waals surface area contributed by atoms with Gasteiger partial charge in [0, 0.05) is 12.6 Å². The van der Waals surface area contributed by atoms with Crippen LogP contribution in [0.3, 0.4) is 0 Å². The average Bonchev–Trinajstić information content (AvgIpc) is 2.26. The molecule has 1 amide bonds. The van der Waals surface area contributed by atoms with E-state index in [4.69, 9.17) is 4.74 Å². The molecule has 1 aliphatic heterocycles. The molecule has 0 aromatic carbocycles. The Labute approximate surface area is 98.3 Å². The summed E-state index contributed by atoms with van der Waals surface area (Å²) in [6.45, 7) is 9.41. The van der Waals surface area contributed by atoms with Crippen LogP contribution >= 0.6 is 0 Å². The molecule has 1 saturated heterocycles. The van der Waals surface area contributed by atoms with Crippen molar-refractivity contribution in [1.29, 1.82) is 0 Å². The number of carbonyl (C=O) groups excluding carboxylic acids is 1. The summed E-state index contributed by atoms with van der Waals surface area (Å²) in [4.78, 5) is 13.9. The molecule has 16 heavy (non-hydrogen) atoms. The Bertz CT molecular complexity index is 219. The third-order valence-electron chi connectivity index (χ3n) is 2.87. The molecule has 1 rings (SSSR count). The van der Waals surface area contributed by atoms with Crippen LogP contribution in [0.15, 0.2) is 0 Å². The van der Waals surface area contributed by atoms with Gasteiger partial charge in [-0.05, 0) is 39.8 Å². The highest BCUT2D eigenvalue weighted by Gasteiger charge is 2.20. The van der Waals surface area contributed by atoms with E-state index in [-0.39, 0.29) is 18.6 Å². The summed E-state index contributed by atoms with van der Waals surface area (Å²) >= 11 is 0. The van der Waals surface area contributed by atoms with Crippen LogP contribution in [0.1, 0.15) is 33.6 Å². The maximum Gasteiger partial charge on any atom is 0.246 e. The maximum atomic E-state index is 11.6. The smallest absolute Gasteiger partial charge is 0.246 e. The summed E-state index contributed by atoms with van der Waals surface area (Å²) < 4.78 is 5.27. The second kappa shape index (κ2) is 6.86. The summed E-state index contributed by atoms with van der Waals surface area (Å²) in [6.07, 6.45) is 2.37. The van der Waals surface area contributed by atoms with Crippen LogP contribution in [0.4, 0.5) is 0 Å². The van der Waals surface area contributed by atoms with Crippen molar-refractivity contribution in [1.82, 2.24) is 10.2 Å². The Kier molecular flexibility index (Phi) is 5.77. The Morgan fingerprint density at radius 2 is 2.31 bits per heavy atom. The van der Waals surface area contributed by atoms with Crippen LogP contribution < -0.4 is 5.32 Å². The van der Waals surface area contributed by atoms with Gasteiger partial charge in [-0.15, -0.1) is 0 Å². The van der Waals surface area contributed by atoms with Crippen LogP contribution in [0, 0.1) is 0 Å². The molecular weight excluding hydrogens is 204 g/mol. The van der Waals surface area contributed by atoms with E-state index in [1.165, 1.54) is 6.42 Å². The number of ether oxygens (including phenoxy) is 1. The zero-order chi connectivity index (χ0) is 12.0. The van der Waals surface area contributed by atoms with Gasteiger partial charge in [-0.1, -0.05) is 6.92 Å². The number of carbonyl (C=O) groups is 1. The molecule has 0 aromatic rings. The highest BCUT2D eigenvalue weighted by atomic mass is 16.5. The van der Waals surface area contributed by atoms with Gasteiger partial charge in [0.25, 0.3) is 0 Å². The summed E-state index contributed by atoms with van der Waals surface area (Å²) in [6, 6.07) is 0.303. The molecule has 1 unspecified atom stereocenters. The van der Waals surface area contributed by atoms with E-state index in [1.807, 2.05) is 13.8 Å². The minimum Gasteiger partial charge on any atom is -0.369 e. The van der Waals surface area contributed by atoms with Crippen LogP contribution in [-0.4, -0.2) is 49.2 Å². The second-order valence-electron chi connectivity index (χ2n) is 4.66. The topological polar surface area (TPSA) is 41.6 Å². The minimum atomic E-state index is 0.0108. The molecule has 0 aliphatic carbocycles. The van der Waals surface area contributed by atoms with Crippen LogP contribution in [0.25, 0.3) is 0 Å². The summed E-state index contributed by atoms with van der Waals surface area (Å²) in [5, 5.41) is 3.03. The first-order valence-electron chi connectivity index (χ1n) is 6.25. The lowest BCUT2D eigenvalue weighted by molar-refractivity contribution is -0.128. The van der Waals surface area contributed by atoms with Crippen molar-refractivity contribution >= 4 is 5.91 Å². The molecule has 1 fully saturated rings. The first kappa shape index (κ1) is 13.5. The van der Waals surface area contributed by atoms with Gasteiger partial charge in [0.05, 0.1) is 6.10 Å². The largest absolute Gasteiger partial charge is 0.369 e. The van der Waals surface area contributed by atoms with E-state index < -0.39 is 0 Å². The quantitative estimate of drug-likeness (QED) is 0.763. The Balaban J connectivity index is 2.22. The van der Waals surface area contributed by atoms with Crippen LogP contribution in [0.5, 0.6) is 0 Å².